The van der Waals surface area contributed by atoms with Crippen molar-refractivity contribution in [3.8, 4) is 0 Å². The topological polar surface area (TPSA) is 123 Å². The zero-order valence-electron chi connectivity index (χ0n) is 21.4. The standard InChI is InChI=1S/C25H31F3N6O4/c1-24(2,37)13-38-18-10-8-16(9-11-18)30-19(35)12-34-14-29-20-21(23(34)36)33(3)32-22(20)31-17-6-4-15(5-7-17)25(26,27)28/h4-7,14,16,18,37H,8-13H2,1-3H3,(H,30,35)(H,31,32). The monoisotopic (exact) mass is 536 g/mol. The highest BCUT2D eigenvalue weighted by Crippen LogP contribution is 2.31. The summed E-state index contributed by atoms with van der Waals surface area (Å²) in [6.45, 7) is 3.41. The number of anilines is 2. The Kier molecular flexibility index (Phi) is 7.79. The zero-order valence-corrected chi connectivity index (χ0v) is 21.4. The number of carbonyl (C=O) groups is 1. The number of aliphatic hydroxyl groups is 1. The highest BCUT2D eigenvalue weighted by atomic mass is 19.4. The number of halogens is 3. The van der Waals surface area contributed by atoms with Gasteiger partial charge >= 0.3 is 6.18 Å². The van der Waals surface area contributed by atoms with Gasteiger partial charge in [-0.15, -0.1) is 0 Å². The molecular weight excluding hydrogens is 505 g/mol. The van der Waals surface area contributed by atoms with Crippen LogP contribution in [0.1, 0.15) is 45.1 Å². The molecule has 1 aliphatic rings. The molecule has 2 aromatic heterocycles. The van der Waals surface area contributed by atoms with E-state index in [9.17, 15) is 27.9 Å². The number of hydrogen-bond acceptors (Lipinski definition) is 7. The van der Waals surface area contributed by atoms with Crippen molar-refractivity contribution in [1.82, 2.24) is 24.6 Å². The molecule has 1 aliphatic carbocycles. The molecule has 3 N–H and O–H groups in total. The number of fused-ring (bicyclic) bond motifs is 1. The number of aromatic nitrogens is 4. The van der Waals surface area contributed by atoms with Crippen molar-refractivity contribution in [2.75, 3.05) is 11.9 Å². The summed E-state index contributed by atoms with van der Waals surface area (Å²) in [5.41, 5.74) is -1.40. The van der Waals surface area contributed by atoms with Crippen LogP contribution in [0.5, 0.6) is 0 Å². The fourth-order valence-electron chi connectivity index (χ4n) is 4.39. The number of rotatable bonds is 8. The van der Waals surface area contributed by atoms with Crippen LogP contribution in [0, 0.1) is 0 Å². The summed E-state index contributed by atoms with van der Waals surface area (Å²) in [5, 5.41) is 19.9. The quantitative estimate of drug-likeness (QED) is 0.404. The average Bonchev–Trinajstić information content (AvgIpc) is 3.15. The summed E-state index contributed by atoms with van der Waals surface area (Å²) in [7, 11) is 1.55. The van der Waals surface area contributed by atoms with E-state index < -0.39 is 22.9 Å². The molecule has 0 atom stereocenters. The van der Waals surface area contributed by atoms with Gasteiger partial charge in [-0.05, 0) is 63.8 Å². The Labute approximate surface area is 216 Å². The Morgan fingerprint density at radius 1 is 1.16 bits per heavy atom. The van der Waals surface area contributed by atoms with E-state index in [2.05, 4.69) is 20.7 Å². The second-order valence-corrected chi connectivity index (χ2v) is 10.2. The number of nitrogens with zero attached hydrogens (tertiary/aromatic N) is 4. The number of aryl methyl sites for hydroxylation is 1. The summed E-state index contributed by atoms with van der Waals surface area (Å²) in [4.78, 5) is 30.0. The van der Waals surface area contributed by atoms with Crippen molar-refractivity contribution in [2.45, 2.75) is 70.0 Å². The van der Waals surface area contributed by atoms with Crippen LogP contribution in [-0.4, -0.2) is 54.7 Å². The maximum absolute atomic E-state index is 13.1. The highest BCUT2D eigenvalue weighted by Gasteiger charge is 2.30. The van der Waals surface area contributed by atoms with Gasteiger partial charge in [-0.1, -0.05) is 0 Å². The molecule has 1 amide bonds. The third kappa shape index (κ3) is 6.70. The molecule has 38 heavy (non-hydrogen) atoms. The predicted molar refractivity (Wildman–Crippen MR) is 134 cm³/mol. The Bertz CT molecular complexity index is 1340. The molecule has 0 saturated heterocycles. The SMILES string of the molecule is Cn1nc(Nc2ccc(C(F)(F)F)cc2)c2ncn(CC(=O)NC3CCC(OCC(C)(C)O)CC3)c(=O)c21. The second kappa shape index (κ2) is 10.7. The van der Waals surface area contributed by atoms with Gasteiger partial charge in [-0.2, -0.15) is 18.3 Å². The molecule has 0 spiro atoms. The number of alkyl halides is 3. The molecule has 1 saturated carbocycles. The van der Waals surface area contributed by atoms with Crippen molar-refractivity contribution < 1.29 is 27.8 Å². The third-order valence-electron chi connectivity index (χ3n) is 6.31. The van der Waals surface area contributed by atoms with Crippen molar-refractivity contribution >= 4 is 28.4 Å². The summed E-state index contributed by atoms with van der Waals surface area (Å²) in [6.07, 6.45) is -0.161. The normalized spacial score (nSPS) is 18.5. The van der Waals surface area contributed by atoms with E-state index in [1.165, 1.54) is 27.7 Å². The molecule has 0 radical (unpaired) electrons. The second-order valence-electron chi connectivity index (χ2n) is 10.2. The van der Waals surface area contributed by atoms with Crippen LogP contribution in [-0.2, 0) is 29.3 Å². The van der Waals surface area contributed by atoms with Gasteiger partial charge in [0.1, 0.15) is 12.1 Å². The van der Waals surface area contributed by atoms with Crippen LogP contribution in [0.4, 0.5) is 24.7 Å². The molecule has 3 aromatic rings. The largest absolute Gasteiger partial charge is 0.416 e. The van der Waals surface area contributed by atoms with Gasteiger partial charge in [0.05, 0.1) is 30.2 Å². The Hall–Kier alpha value is -3.45. The molecule has 4 rings (SSSR count). The maximum Gasteiger partial charge on any atom is 0.416 e. The van der Waals surface area contributed by atoms with E-state index >= 15 is 0 Å². The Morgan fingerprint density at radius 3 is 2.42 bits per heavy atom. The van der Waals surface area contributed by atoms with Gasteiger partial charge < -0.3 is 20.5 Å². The molecule has 0 bridgehead atoms. The number of nitrogens with one attached hydrogen (secondary N) is 2. The lowest BCUT2D eigenvalue weighted by molar-refractivity contribution is -0.137. The lowest BCUT2D eigenvalue weighted by Gasteiger charge is -2.30. The first-order chi connectivity index (χ1) is 17.8. The molecule has 1 fully saturated rings. The minimum absolute atomic E-state index is 0.0341. The smallest absolute Gasteiger partial charge is 0.388 e. The summed E-state index contributed by atoms with van der Waals surface area (Å²) in [5.74, 6) is -0.112. The summed E-state index contributed by atoms with van der Waals surface area (Å²) >= 11 is 0. The molecule has 2 heterocycles. The molecule has 13 heteroatoms. The van der Waals surface area contributed by atoms with Crippen LogP contribution in [0.15, 0.2) is 35.4 Å². The van der Waals surface area contributed by atoms with Gasteiger partial charge in [-0.3, -0.25) is 18.8 Å². The molecule has 206 valence electrons. The first-order valence-corrected chi connectivity index (χ1v) is 12.3. The molecule has 0 aliphatic heterocycles. The minimum atomic E-state index is -4.44. The number of ether oxygens (including phenoxy) is 1. The van der Waals surface area contributed by atoms with E-state index in [1.54, 1.807) is 20.9 Å². The number of carbonyl (C=O) groups excluding carboxylic acids is 1. The first-order valence-electron chi connectivity index (χ1n) is 12.3. The minimum Gasteiger partial charge on any atom is -0.388 e. The Morgan fingerprint density at radius 2 is 1.82 bits per heavy atom. The van der Waals surface area contributed by atoms with Gasteiger partial charge in [0.15, 0.2) is 11.3 Å². The van der Waals surface area contributed by atoms with Gasteiger partial charge in [0, 0.05) is 18.8 Å². The summed E-state index contributed by atoms with van der Waals surface area (Å²) < 4.78 is 46.7. The van der Waals surface area contributed by atoms with E-state index in [-0.39, 0.29) is 48.1 Å². The molecule has 1 aromatic carbocycles. The van der Waals surface area contributed by atoms with Crippen LogP contribution >= 0.6 is 0 Å². The van der Waals surface area contributed by atoms with Crippen molar-refractivity contribution in [2.24, 2.45) is 7.05 Å². The third-order valence-corrected chi connectivity index (χ3v) is 6.31. The van der Waals surface area contributed by atoms with Gasteiger partial charge in [0.25, 0.3) is 5.56 Å². The van der Waals surface area contributed by atoms with Crippen LogP contribution in [0.3, 0.4) is 0 Å². The molecule has 0 unspecified atom stereocenters. The first kappa shape index (κ1) is 27.6. The highest BCUT2D eigenvalue weighted by molar-refractivity contribution is 5.87. The van der Waals surface area contributed by atoms with Crippen molar-refractivity contribution in [3.05, 3.63) is 46.5 Å². The number of benzene rings is 1. The number of amides is 1. The van der Waals surface area contributed by atoms with Crippen molar-refractivity contribution in [3.63, 3.8) is 0 Å². The number of hydrogen-bond donors (Lipinski definition) is 3. The van der Waals surface area contributed by atoms with E-state index in [1.807, 2.05) is 0 Å². The van der Waals surface area contributed by atoms with E-state index in [0.717, 1.165) is 37.8 Å². The van der Waals surface area contributed by atoms with Crippen LogP contribution < -0.4 is 16.2 Å². The fourth-order valence-corrected chi connectivity index (χ4v) is 4.39. The lowest BCUT2D eigenvalue weighted by Crippen LogP contribution is -2.42. The average molecular weight is 537 g/mol. The van der Waals surface area contributed by atoms with Crippen molar-refractivity contribution in [1.29, 1.82) is 0 Å². The lowest BCUT2D eigenvalue weighted by atomic mass is 9.93. The predicted octanol–water partition coefficient (Wildman–Crippen LogP) is 3.11. The fraction of sp³-hybridized carbons (Fsp3) is 0.520. The van der Waals surface area contributed by atoms with Gasteiger partial charge in [-0.25, -0.2) is 4.98 Å². The Balaban J connectivity index is 1.38. The van der Waals surface area contributed by atoms with E-state index in [0.29, 0.717) is 5.69 Å². The van der Waals surface area contributed by atoms with Crippen LogP contribution in [0.2, 0.25) is 0 Å². The molecular formula is C25H31F3N6O4. The summed E-state index contributed by atoms with van der Waals surface area (Å²) in [6, 6.07) is 4.39. The van der Waals surface area contributed by atoms with Gasteiger partial charge in [0.2, 0.25) is 5.91 Å². The van der Waals surface area contributed by atoms with E-state index in [4.69, 9.17) is 4.74 Å². The zero-order chi connectivity index (χ0) is 27.7. The van der Waals surface area contributed by atoms with Crippen LogP contribution in [0.25, 0.3) is 11.0 Å². The molecule has 10 nitrogen and oxygen atoms in total. The maximum atomic E-state index is 13.1.